The Hall–Kier alpha value is -1.79. The molecule has 2 aromatic rings. The molecule has 1 fully saturated rings. The summed E-state index contributed by atoms with van der Waals surface area (Å²) in [6, 6.07) is 3.82. The van der Waals surface area contributed by atoms with Gasteiger partial charge in [-0.1, -0.05) is 13.8 Å². The van der Waals surface area contributed by atoms with Crippen LogP contribution < -0.4 is 5.73 Å². The molecule has 1 aromatic carbocycles. The van der Waals surface area contributed by atoms with E-state index in [1.807, 2.05) is 0 Å². The largest absolute Gasteiger partial charge is 0.444 e. The number of aromatic nitrogens is 1. The SMILES string of the molecule is CC1(C)CN(Cc2coc(-c3ccc(F)c(F)c3)n2)CCC1N. The second-order valence-corrected chi connectivity index (χ2v) is 6.87. The van der Waals surface area contributed by atoms with Crippen LogP contribution in [0.5, 0.6) is 0 Å². The van der Waals surface area contributed by atoms with Gasteiger partial charge in [0.2, 0.25) is 5.89 Å². The van der Waals surface area contributed by atoms with Gasteiger partial charge in [-0.05, 0) is 30.0 Å². The molecule has 6 heteroatoms. The molecule has 1 aromatic heterocycles. The molecule has 0 saturated carbocycles. The summed E-state index contributed by atoms with van der Waals surface area (Å²) in [5, 5.41) is 0. The summed E-state index contributed by atoms with van der Waals surface area (Å²) >= 11 is 0. The minimum atomic E-state index is -0.908. The molecule has 1 aliphatic rings. The maximum atomic E-state index is 13.3. The molecule has 0 radical (unpaired) electrons. The van der Waals surface area contributed by atoms with Crippen LogP contribution in [0.25, 0.3) is 11.5 Å². The molecule has 1 saturated heterocycles. The molecule has 3 rings (SSSR count). The van der Waals surface area contributed by atoms with Gasteiger partial charge < -0.3 is 10.2 Å². The highest BCUT2D eigenvalue weighted by Crippen LogP contribution is 2.29. The van der Waals surface area contributed by atoms with Crippen molar-refractivity contribution >= 4 is 0 Å². The first-order valence-corrected chi connectivity index (χ1v) is 7.73. The predicted octanol–water partition coefficient (Wildman–Crippen LogP) is 3.18. The zero-order chi connectivity index (χ0) is 16.6. The molecule has 0 spiro atoms. The number of benzene rings is 1. The molecule has 0 amide bonds. The van der Waals surface area contributed by atoms with E-state index in [-0.39, 0.29) is 11.5 Å². The fourth-order valence-electron chi connectivity index (χ4n) is 2.99. The van der Waals surface area contributed by atoms with Crippen molar-refractivity contribution in [3.8, 4) is 11.5 Å². The van der Waals surface area contributed by atoms with E-state index in [4.69, 9.17) is 10.2 Å². The monoisotopic (exact) mass is 321 g/mol. The molecule has 0 aliphatic carbocycles. The second-order valence-electron chi connectivity index (χ2n) is 6.87. The molecule has 1 aliphatic heterocycles. The summed E-state index contributed by atoms with van der Waals surface area (Å²) in [6.45, 7) is 6.79. The van der Waals surface area contributed by atoms with Crippen molar-refractivity contribution in [2.75, 3.05) is 13.1 Å². The van der Waals surface area contributed by atoms with Gasteiger partial charge in [0.15, 0.2) is 11.6 Å². The van der Waals surface area contributed by atoms with Crippen molar-refractivity contribution in [3.63, 3.8) is 0 Å². The van der Waals surface area contributed by atoms with E-state index in [1.165, 1.54) is 6.07 Å². The number of rotatable bonds is 3. The minimum Gasteiger partial charge on any atom is -0.444 e. The Morgan fingerprint density at radius 1 is 1.35 bits per heavy atom. The highest BCUT2D eigenvalue weighted by Gasteiger charge is 2.33. The molecular weight excluding hydrogens is 300 g/mol. The molecule has 2 N–H and O–H groups in total. The smallest absolute Gasteiger partial charge is 0.226 e. The molecule has 1 atom stereocenters. The molecule has 23 heavy (non-hydrogen) atoms. The zero-order valence-corrected chi connectivity index (χ0v) is 13.4. The van der Waals surface area contributed by atoms with Crippen molar-refractivity contribution in [3.05, 3.63) is 41.8 Å². The fourth-order valence-corrected chi connectivity index (χ4v) is 2.99. The lowest BCUT2D eigenvalue weighted by Crippen LogP contribution is -2.52. The molecule has 124 valence electrons. The first kappa shape index (κ1) is 16.1. The first-order chi connectivity index (χ1) is 10.8. The van der Waals surface area contributed by atoms with Crippen LogP contribution in [-0.2, 0) is 6.54 Å². The Bertz CT molecular complexity index is 699. The Labute approximate surface area is 134 Å². The van der Waals surface area contributed by atoms with Crippen LogP contribution in [0.2, 0.25) is 0 Å². The Morgan fingerprint density at radius 3 is 2.83 bits per heavy atom. The van der Waals surface area contributed by atoms with Gasteiger partial charge in [-0.2, -0.15) is 0 Å². The number of hydrogen-bond donors (Lipinski definition) is 1. The Kier molecular flexibility index (Phi) is 4.21. The first-order valence-electron chi connectivity index (χ1n) is 7.73. The van der Waals surface area contributed by atoms with E-state index in [0.29, 0.717) is 18.0 Å². The topological polar surface area (TPSA) is 55.3 Å². The summed E-state index contributed by atoms with van der Waals surface area (Å²) < 4.78 is 31.7. The fraction of sp³-hybridized carbons (Fsp3) is 0.471. The molecule has 1 unspecified atom stereocenters. The van der Waals surface area contributed by atoms with Crippen LogP contribution in [0, 0.1) is 17.0 Å². The summed E-state index contributed by atoms with van der Waals surface area (Å²) in [5.74, 6) is -1.49. The van der Waals surface area contributed by atoms with Crippen molar-refractivity contribution in [1.82, 2.24) is 9.88 Å². The molecule has 4 nitrogen and oxygen atoms in total. The number of likely N-dealkylation sites (tertiary alicyclic amines) is 1. The molecular formula is C17H21F2N3O. The van der Waals surface area contributed by atoms with Crippen LogP contribution in [0.15, 0.2) is 28.9 Å². The van der Waals surface area contributed by atoms with E-state index in [2.05, 4.69) is 23.7 Å². The number of hydrogen-bond acceptors (Lipinski definition) is 4. The number of piperidine rings is 1. The van der Waals surface area contributed by atoms with Crippen LogP contribution in [-0.4, -0.2) is 29.0 Å². The maximum Gasteiger partial charge on any atom is 0.226 e. The standard InChI is InChI=1S/C17H21F2N3O/c1-17(2)10-22(6-5-15(17)20)8-12-9-23-16(21-12)11-3-4-13(18)14(19)7-11/h3-4,7,9,15H,5-6,8,10,20H2,1-2H3. The van der Waals surface area contributed by atoms with Crippen molar-refractivity contribution < 1.29 is 13.2 Å². The maximum absolute atomic E-state index is 13.3. The van der Waals surface area contributed by atoms with Crippen molar-refractivity contribution in [2.24, 2.45) is 11.1 Å². The number of oxazole rings is 1. The lowest BCUT2D eigenvalue weighted by Gasteiger charge is -2.42. The van der Waals surface area contributed by atoms with Crippen molar-refractivity contribution in [1.29, 1.82) is 0 Å². The van der Waals surface area contributed by atoms with Gasteiger partial charge in [0, 0.05) is 31.2 Å². The third-order valence-corrected chi connectivity index (χ3v) is 4.50. The van der Waals surface area contributed by atoms with Gasteiger partial charge in [-0.25, -0.2) is 13.8 Å². The summed E-state index contributed by atoms with van der Waals surface area (Å²) in [7, 11) is 0. The number of halogens is 2. The zero-order valence-electron chi connectivity index (χ0n) is 13.4. The van der Waals surface area contributed by atoms with Crippen LogP contribution in [0.4, 0.5) is 8.78 Å². The van der Waals surface area contributed by atoms with Crippen LogP contribution in [0.3, 0.4) is 0 Å². The lowest BCUT2D eigenvalue weighted by atomic mass is 9.80. The highest BCUT2D eigenvalue weighted by atomic mass is 19.2. The lowest BCUT2D eigenvalue weighted by molar-refractivity contribution is 0.0889. The Morgan fingerprint density at radius 2 is 2.13 bits per heavy atom. The average molecular weight is 321 g/mol. The van der Waals surface area contributed by atoms with E-state index in [1.54, 1.807) is 6.26 Å². The third kappa shape index (κ3) is 3.43. The van der Waals surface area contributed by atoms with Gasteiger partial charge >= 0.3 is 0 Å². The normalized spacial score (nSPS) is 21.5. The van der Waals surface area contributed by atoms with Gasteiger partial charge in [0.05, 0.1) is 5.69 Å². The number of nitrogens with zero attached hydrogens (tertiary/aromatic N) is 2. The van der Waals surface area contributed by atoms with Gasteiger partial charge in [0.25, 0.3) is 0 Å². The number of nitrogens with two attached hydrogens (primary N) is 1. The van der Waals surface area contributed by atoms with Crippen molar-refractivity contribution in [2.45, 2.75) is 32.9 Å². The van der Waals surface area contributed by atoms with E-state index < -0.39 is 11.6 Å². The summed E-state index contributed by atoms with van der Waals surface area (Å²) in [4.78, 5) is 6.67. The van der Waals surface area contributed by atoms with E-state index >= 15 is 0 Å². The van der Waals surface area contributed by atoms with Gasteiger partial charge in [-0.3, -0.25) is 4.90 Å². The highest BCUT2D eigenvalue weighted by molar-refractivity contribution is 5.53. The van der Waals surface area contributed by atoms with Crippen LogP contribution >= 0.6 is 0 Å². The average Bonchev–Trinajstić information content (AvgIpc) is 2.94. The van der Waals surface area contributed by atoms with E-state index in [0.717, 1.165) is 37.3 Å². The van der Waals surface area contributed by atoms with Crippen LogP contribution in [0.1, 0.15) is 26.0 Å². The second kappa shape index (κ2) is 6.02. The van der Waals surface area contributed by atoms with Gasteiger partial charge in [0.1, 0.15) is 6.26 Å². The molecule has 0 bridgehead atoms. The predicted molar refractivity (Wildman–Crippen MR) is 83.5 cm³/mol. The van der Waals surface area contributed by atoms with Gasteiger partial charge in [-0.15, -0.1) is 0 Å². The quantitative estimate of drug-likeness (QED) is 0.943. The van der Waals surface area contributed by atoms with E-state index in [9.17, 15) is 8.78 Å². The Balaban J connectivity index is 1.71. The summed E-state index contributed by atoms with van der Waals surface area (Å²) in [5.41, 5.74) is 7.41. The molecule has 2 heterocycles. The minimum absolute atomic E-state index is 0.0604. The summed E-state index contributed by atoms with van der Waals surface area (Å²) in [6.07, 6.45) is 2.51. The third-order valence-electron chi connectivity index (χ3n) is 4.50.